The summed E-state index contributed by atoms with van der Waals surface area (Å²) >= 11 is 2.61. The first-order valence-corrected chi connectivity index (χ1v) is 10.1. The Bertz CT molecular complexity index is 658. The Balaban J connectivity index is 2.20. The number of carbonyl (C=O) groups is 2. The molecule has 0 aliphatic carbocycles. The van der Waals surface area contributed by atoms with Gasteiger partial charge in [-0.2, -0.15) is 11.8 Å². The van der Waals surface area contributed by atoms with E-state index >= 15 is 0 Å². The zero-order chi connectivity index (χ0) is 15.7. The molecule has 1 amide bonds. The minimum absolute atomic E-state index is 0.0937. The monoisotopic (exact) mass is 349 g/mol. The van der Waals surface area contributed by atoms with E-state index in [9.17, 15) is 23.1 Å². The Morgan fingerprint density at radius 1 is 1.33 bits per heavy atom. The van der Waals surface area contributed by atoms with Gasteiger partial charge >= 0.3 is 5.97 Å². The van der Waals surface area contributed by atoms with Crippen molar-refractivity contribution >= 4 is 44.8 Å². The van der Waals surface area contributed by atoms with Gasteiger partial charge in [0.2, 0.25) is 0 Å². The third kappa shape index (κ3) is 3.58. The molecule has 1 saturated heterocycles. The lowest BCUT2D eigenvalue weighted by Gasteiger charge is -2.33. The Labute approximate surface area is 130 Å². The zero-order valence-corrected chi connectivity index (χ0v) is 13.7. The highest BCUT2D eigenvalue weighted by Crippen LogP contribution is 2.28. The molecule has 0 spiro atoms. The molecule has 21 heavy (non-hydrogen) atoms. The summed E-state index contributed by atoms with van der Waals surface area (Å²) in [6.45, 7) is 0. The van der Waals surface area contributed by atoms with E-state index in [1.54, 1.807) is 11.8 Å². The summed E-state index contributed by atoms with van der Waals surface area (Å²) in [5, 5.41) is 13.4. The van der Waals surface area contributed by atoms with E-state index < -0.39 is 27.3 Å². The van der Waals surface area contributed by atoms with Gasteiger partial charge in [0.05, 0.1) is 5.56 Å². The maximum absolute atomic E-state index is 12.2. The van der Waals surface area contributed by atoms with Crippen molar-refractivity contribution in [3.8, 4) is 0 Å². The van der Waals surface area contributed by atoms with E-state index in [1.807, 2.05) is 0 Å². The highest BCUT2D eigenvalue weighted by molar-refractivity contribution is 7.99. The number of carboxylic acids is 1. The Kier molecular flexibility index (Phi) is 4.64. The molecule has 0 bridgehead atoms. The third-order valence-corrected chi connectivity index (χ3v) is 7.06. The maximum Gasteiger partial charge on any atom is 0.329 e. The SMILES string of the molecule is CS(=O)(=O)c1cc(C(=O)NC2(C(=O)O)CCSCC2)cs1. The van der Waals surface area contributed by atoms with Crippen LogP contribution in [0.1, 0.15) is 23.2 Å². The summed E-state index contributed by atoms with van der Waals surface area (Å²) < 4.78 is 22.9. The van der Waals surface area contributed by atoms with Gasteiger partial charge in [-0.1, -0.05) is 0 Å². The standard InChI is InChI=1S/C12H15NO5S3/c1-21(17,18)9-6-8(7-20-9)10(14)13-12(11(15)16)2-4-19-5-3-12/h6-7H,2-5H2,1H3,(H,13,14)(H,15,16). The molecular formula is C12H15NO5S3. The minimum atomic E-state index is -3.36. The first-order valence-electron chi connectivity index (χ1n) is 6.17. The van der Waals surface area contributed by atoms with E-state index in [-0.39, 0.29) is 9.77 Å². The summed E-state index contributed by atoms with van der Waals surface area (Å²) in [7, 11) is -3.36. The molecule has 116 valence electrons. The Hall–Kier alpha value is -1.06. The largest absolute Gasteiger partial charge is 0.480 e. The van der Waals surface area contributed by atoms with Crippen molar-refractivity contribution in [2.75, 3.05) is 17.8 Å². The fourth-order valence-corrected chi connectivity index (χ4v) is 5.02. The summed E-state index contributed by atoms with van der Waals surface area (Å²) in [6, 6.07) is 1.28. The number of thioether (sulfide) groups is 1. The molecule has 1 aromatic heterocycles. The van der Waals surface area contributed by atoms with Gasteiger partial charge in [-0.3, -0.25) is 4.79 Å². The second-order valence-electron chi connectivity index (χ2n) is 4.88. The highest BCUT2D eigenvalue weighted by Gasteiger charge is 2.41. The van der Waals surface area contributed by atoms with Crippen molar-refractivity contribution in [2.24, 2.45) is 0 Å². The molecule has 0 unspecified atom stereocenters. The molecule has 0 radical (unpaired) electrons. The van der Waals surface area contributed by atoms with Gasteiger partial charge in [0.1, 0.15) is 9.75 Å². The number of sulfone groups is 1. The maximum atomic E-state index is 12.2. The average Bonchev–Trinajstić information content (AvgIpc) is 2.89. The van der Waals surface area contributed by atoms with Crippen LogP contribution in [0, 0.1) is 0 Å². The smallest absolute Gasteiger partial charge is 0.329 e. The molecule has 1 aliphatic heterocycles. The zero-order valence-electron chi connectivity index (χ0n) is 11.3. The number of hydrogen-bond acceptors (Lipinski definition) is 6. The third-order valence-electron chi connectivity index (χ3n) is 3.31. The minimum Gasteiger partial charge on any atom is -0.480 e. The van der Waals surface area contributed by atoms with Crippen molar-refractivity contribution < 1.29 is 23.1 Å². The fraction of sp³-hybridized carbons (Fsp3) is 0.500. The molecule has 2 N–H and O–H groups in total. The van der Waals surface area contributed by atoms with E-state index in [4.69, 9.17) is 0 Å². The summed E-state index contributed by atoms with van der Waals surface area (Å²) in [6.07, 6.45) is 1.79. The molecule has 0 aromatic carbocycles. The number of carbonyl (C=O) groups excluding carboxylic acids is 1. The number of amides is 1. The predicted octanol–water partition coefficient (Wildman–Crippen LogP) is 1.23. The first kappa shape index (κ1) is 16.3. The van der Waals surface area contributed by atoms with Crippen LogP contribution in [0.5, 0.6) is 0 Å². The van der Waals surface area contributed by atoms with Crippen molar-refractivity contribution in [1.29, 1.82) is 0 Å². The number of rotatable bonds is 4. The molecule has 0 saturated carbocycles. The van der Waals surface area contributed by atoms with Crippen LogP contribution < -0.4 is 5.32 Å². The Morgan fingerprint density at radius 2 is 1.95 bits per heavy atom. The highest BCUT2D eigenvalue weighted by atomic mass is 32.2. The lowest BCUT2D eigenvalue weighted by Crippen LogP contribution is -2.56. The molecule has 1 fully saturated rings. The van der Waals surface area contributed by atoms with E-state index in [0.29, 0.717) is 24.3 Å². The topological polar surface area (TPSA) is 101 Å². The first-order chi connectivity index (χ1) is 9.74. The second kappa shape index (κ2) is 5.98. The van der Waals surface area contributed by atoms with Crippen LogP contribution in [0.2, 0.25) is 0 Å². The normalized spacial score (nSPS) is 18.1. The van der Waals surface area contributed by atoms with Crippen molar-refractivity contribution in [3.05, 3.63) is 17.0 Å². The van der Waals surface area contributed by atoms with Gasteiger partial charge < -0.3 is 10.4 Å². The van der Waals surface area contributed by atoms with Gasteiger partial charge in [0.25, 0.3) is 5.91 Å². The number of aliphatic carboxylic acids is 1. The van der Waals surface area contributed by atoms with E-state index in [2.05, 4.69) is 5.32 Å². The van der Waals surface area contributed by atoms with Gasteiger partial charge in [-0.05, 0) is 30.4 Å². The molecule has 2 heterocycles. The molecule has 0 atom stereocenters. The van der Waals surface area contributed by atoms with Crippen molar-refractivity contribution in [2.45, 2.75) is 22.6 Å². The van der Waals surface area contributed by atoms with Crippen molar-refractivity contribution in [1.82, 2.24) is 5.32 Å². The molecule has 9 heteroatoms. The van der Waals surface area contributed by atoms with E-state index in [1.165, 1.54) is 11.4 Å². The van der Waals surface area contributed by atoms with Crippen LogP contribution in [0.3, 0.4) is 0 Å². The van der Waals surface area contributed by atoms with Crippen molar-refractivity contribution in [3.63, 3.8) is 0 Å². The molecule has 2 rings (SSSR count). The average molecular weight is 349 g/mol. The molecule has 1 aromatic rings. The molecule has 6 nitrogen and oxygen atoms in total. The van der Waals surface area contributed by atoms with Gasteiger partial charge in [-0.15, -0.1) is 11.3 Å². The van der Waals surface area contributed by atoms with Crippen LogP contribution in [0.25, 0.3) is 0 Å². The Morgan fingerprint density at radius 3 is 2.43 bits per heavy atom. The van der Waals surface area contributed by atoms with Gasteiger partial charge in [-0.25, -0.2) is 13.2 Å². The second-order valence-corrected chi connectivity index (χ2v) is 9.26. The number of hydrogen-bond donors (Lipinski definition) is 2. The lowest BCUT2D eigenvalue weighted by atomic mass is 9.92. The summed E-state index contributed by atoms with van der Waals surface area (Å²) in [5.41, 5.74) is -1.07. The van der Waals surface area contributed by atoms with Gasteiger partial charge in [0.15, 0.2) is 9.84 Å². The van der Waals surface area contributed by atoms with Crippen LogP contribution >= 0.6 is 23.1 Å². The summed E-state index contributed by atoms with van der Waals surface area (Å²) in [5.74, 6) is -0.250. The van der Waals surface area contributed by atoms with E-state index in [0.717, 1.165) is 17.6 Å². The van der Waals surface area contributed by atoms with Crippen LogP contribution in [-0.2, 0) is 14.6 Å². The summed E-state index contributed by atoms with van der Waals surface area (Å²) in [4.78, 5) is 23.7. The predicted molar refractivity (Wildman–Crippen MR) is 81.8 cm³/mol. The number of thiophene rings is 1. The van der Waals surface area contributed by atoms with Crippen LogP contribution in [-0.4, -0.2) is 48.7 Å². The quantitative estimate of drug-likeness (QED) is 0.848. The van der Waals surface area contributed by atoms with Crippen LogP contribution in [0.4, 0.5) is 0 Å². The lowest BCUT2D eigenvalue weighted by molar-refractivity contribution is -0.144. The van der Waals surface area contributed by atoms with Crippen LogP contribution in [0.15, 0.2) is 15.7 Å². The number of carboxylic acid groups (broad SMARTS) is 1. The number of nitrogens with one attached hydrogen (secondary N) is 1. The molecular weight excluding hydrogens is 334 g/mol. The van der Waals surface area contributed by atoms with Gasteiger partial charge in [0, 0.05) is 11.6 Å². The fourth-order valence-electron chi connectivity index (χ4n) is 2.03. The molecule has 1 aliphatic rings.